The van der Waals surface area contributed by atoms with Gasteiger partial charge in [0, 0.05) is 5.56 Å². The molecule has 1 aliphatic rings. The number of hydrogen-bond acceptors (Lipinski definition) is 3. The Kier molecular flexibility index (Phi) is 5.50. The first-order valence-electron chi connectivity index (χ1n) is 8.81. The highest BCUT2D eigenvalue weighted by molar-refractivity contribution is 6.17. The smallest absolute Gasteiger partial charge is 0.406 e. The number of rotatable bonds is 4. The van der Waals surface area contributed by atoms with Crippen molar-refractivity contribution >= 4 is 23.2 Å². The number of alkyl halides is 3. The summed E-state index contributed by atoms with van der Waals surface area (Å²) in [5, 5.41) is 0. The Bertz CT molecular complexity index is 928. The predicted molar refractivity (Wildman–Crippen MR) is 98.7 cm³/mol. The van der Waals surface area contributed by atoms with Crippen molar-refractivity contribution in [1.29, 1.82) is 0 Å². The van der Waals surface area contributed by atoms with Crippen LogP contribution in [-0.2, 0) is 4.79 Å². The molecular weight excluding hydrogens is 392 g/mol. The van der Waals surface area contributed by atoms with Gasteiger partial charge in [-0.15, -0.1) is 0 Å². The summed E-state index contributed by atoms with van der Waals surface area (Å²) in [7, 11) is 1.46. The summed E-state index contributed by atoms with van der Waals surface area (Å²) in [5.74, 6) is -1.71. The first-order chi connectivity index (χ1) is 13.7. The van der Waals surface area contributed by atoms with E-state index in [-0.39, 0.29) is 23.4 Å². The van der Waals surface area contributed by atoms with Gasteiger partial charge in [-0.05, 0) is 48.9 Å². The van der Waals surface area contributed by atoms with Gasteiger partial charge in [0.05, 0.1) is 18.5 Å². The second-order valence-electron chi connectivity index (χ2n) is 6.50. The molecule has 2 amide bonds. The summed E-state index contributed by atoms with van der Waals surface area (Å²) < 4.78 is 58.1. The van der Waals surface area contributed by atoms with Crippen molar-refractivity contribution in [3.8, 4) is 5.75 Å². The molecule has 0 aromatic heterocycles. The molecule has 0 N–H and O–H groups in total. The molecule has 0 fully saturated rings. The molecule has 2 aromatic rings. The summed E-state index contributed by atoms with van der Waals surface area (Å²) in [6, 6.07) is 7.84. The summed E-state index contributed by atoms with van der Waals surface area (Å²) in [6.45, 7) is 0.0540. The van der Waals surface area contributed by atoms with Crippen molar-refractivity contribution in [2.75, 3.05) is 23.5 Å². The molecule has 0 unspecified atom stereocenters. The number of carbonyl (C=O) groups excluding carboxylic acids is 2. The largest absolute Gasteiger partial charge is 0.497 e. The third-order valence-corrected chi connectivity index (χ3v) is 4.63. The number of halogens is 4. The Morgan fingerprint density at radius 1 is 1.10 bits per heavy atom. The van der Waals surface area contributed by atoms with Crippen LogP contribution in [0.5, 0.6) is 5.75 Å². The first-order valence-corrected chi connectivity index (χ1v) is 8.81. The van der Waals surface area contributed by atoms with Crippen LogP contribution in [0, 0.1) is 5.82 Å². The molecule has 0 bridgehead atoms. The van der Waals surface area contributed by atoms with E-state index in [9.17, 15) is 27.2 Å². The SMILES string of the molecule is CC[C@@H]1C(=O)N(CC(F)(F)F)c2ccc(F)cc2N1C(=O)c1ccc(OC)cc1. The molecule has 5 nitrogen and oxygen atoms in total. The highest BCUT2D eigenvalue weighted by atomic mass is 19.4. The van der Waals surface area contributed by atoms with Crippen molar-refractivity contribution in [3.05, 3.63) is 53.8 Å². The van der Waals surface area contributed by atoms with Crippen molar-refractivity contribution in [2.24, 2.45) is 0 Å². The quantitative estimate of drug-likeness (QED) is 0.711. The summed E-state index contributed by atoms with van der Waals surface area (Å²) in [4.78, 5) is 27.6. The lowest BCUT2D eigenvalue weighted by atomic mass is 10.0. The van der Waals surface area contributed by atoms with E-state index in [0.717, 1.165) is 23.1 Å². The van der Waals surface area contributed by atoms with E-state index < -0.39 is 36.4 Å². The van der Waals surface area contributed by atoms with Gasteiger partial charge >= 0.3 is 6.18 Å². The molecule has 0 saturated carbocycles. The average molecular weight is 410 g/mol. The molecule has 0 saturated heterocycles. The highest BCUT2D eigenvalue weighted by Gasteiger charge is 2.44. The predicted octanol–water partition coefficient (Wildman–Crippen LogP) is 4.17. The van der Waals surface area contributed by atoms with Gasteiger partial charge < -0.3 is 4.74 Å². The molecule has 29 heavy (non-hydrogen) atoms. The lowest BCUT2D eigenvalue weighted by Gasteiger charge is -2.41. The summed E-state index contributed by atoms with van der Waals surface area (Å²) in [5.41, 5.74) is -0.0571. The van der Waals surface area contributed by atoms with E-state index in [4.69, 9.17) is 4.74 Å². The molecule has 1 aliphatic heterocycles. The Morgan fingerprint density at radius 2 is 1.76 bits per heavy atom. The van der Waals surface area contributed by atoms with E-state index in [2.05, 4.69) is 0 Å². The van der Waals surface area contributed by atoms with Crippen molar-refractivity contribution in [2.45, 2.75) is 25.6 Å². The normalized spacial score (nSPS) is 16.6. The van der Waals surface area contributed by atoms with Gasteiger partial charge in [0.25, 0.3) is 11.8 Å². The number of ether oxygens (including phenoxy) is 1. The summed E-state index contributed by atoms with van der Waals surface area (Å²) in [6.07, 6.45) is -4.59. The van der Waals surface area contributed by atoms with Crippen LogP contribution in [0.1, 0.15) is 23.7 Å². The maximum Gasteiger partial charge on any atom is 0.406 e. The molecule has 0 radical (unpaired) electrons. The van der Waals surface area contributed by atoms with E-state index in [1.807, 2.05) is 0 Å². The maximum atomic E-state index is 13.9. The van der Waals surface area contributed by atoms with E-state index in [1.165, 1.54) is 19.2 Å². The van der Waals surface area contributed by atoms with Crippen LogP contribution in [-0.4, -0.2) is 37.7 Å². The standard InChI is InChI=1S/C20H18F4N2O3/c1-3-15-19(28)25(11-20(22,23)24)16-9-6-13(21)10-17(16)26(15)18(27)12-4-7-14(29-2)8-5-12/h4-10,15H,3,11H2,1-2H3/t15-/m1/s1. The minimum Gasteiger partial charge on any atom is -0.497 e. The van der Waals surface area contributed by atoms with Crippen LogP contribution in [0.3, 0.4) is 0 Å². The van der Waals surface area contributed by atoms with Crippen LogP contribution in [0.25, 0.3) is 0 Å². The van der Waals surface area contributed by atoms with Crippen molar-refractivity contribution < 1.29 is 31.9 Å². The monoisotopic (exact) mass is 410 g/mol. The number of nitrogens with zero attached hydrogens (tertiary/aromatic N) is 2. The second kappa shape index (κ2) is 7.73. The minimum absolute atomic E-state index is 0.0606. The maximum absolute atomic E-state index is 13.9. The van der Waals surface area contributed by atoms with Crippen LogP contribution in [0.2, 0.25) is 0 Å². The van der Waals surface area contributed by atoms with Crippen molar-refractivity contribution in [1.82, 2.24) is 0 Å². The fourth-order valence-corrected chi connectivity index (χ4v) is 3.32. The zero-order chi connectivity index (χ0) is 21.3. The molecule has 1 heterocycles. The van der Waals surface area contributed by atoms with Gasteiger partial charge in [0.15, 0.2) is 0 Å². The van der Waals surface area contributed by atoms with Gasteiger partial charge in [-0.1, -0.05) is 6.92 Å². The molecule has 154 valence electrons. The van der Waals surface area contributed by atoms with Crippen LogP contribution < -0.4 is 14.5 Å². The van der Waals surface area contributed by atoms with Gasteiger partial charge in [0.2, 0.25) is 0 Å². The van der Waals surface area contributed by atoms with Crippen LogP contribution in [0.15, 0.2) is 42.5 Å². The number of methoxy groups -OCH3 is 1. The number of fused-ring (bicyclic) bond motifs is 1. The second-order valence-corrected chi connectivity index (χ2v) is 6.50. The number of benzene rings is 2. The molecule has 1 atom stereocenters. The van der Waals surface area contributed by atoms with Gasteiger partial charge in [0.1, 0.15) is 24.2 Å². The number of hydrogen-bond donors (Lipinski definition) is 0. The average Bonchev–Trinajstić information content (AvgIpc) is 2.68. The zero-order valence-electron chi connectivity index (χ0n) is 15.7. The molecule has 0 aliphatic carbocycles. The van der Waals surface area contributed by atoms with Crippen LogP contribution in [0.4, 0.5) is 28.9 Å². The molecular formula is C20H18F4N2O3. The lowest BCUT2D eigenvalue weighted by molar-refractivity contribution is -0.133. The Hall–Kier alpha value is -3.10. The molecule has 9 heteroatoms. The summed E-state index contributed by atoms with van der Waals surface area (Å²) >= 11 is 0. The molecule has 0 spiro atoms. The fourth-order valence-electron chi connectivity index (χ4n) is 3.32. The number of anilines is 2. The third kappa shape index (κ3) is 4.03. The lowest BCUT2D eigenvalue weighted by Crippen LogP contribution is -2.57. The van der Waals surface area contributed by atoms with Gasteiger partial charge in [-0.3, -0.25) is 19.4 Å². The molecule has 3 rings (SSSR count). The highest BCUT2D eigenvalue weighted by Crippen LogP contribution is 2.40. The van der Waals surface area contributed by atoms with Crippen molar-refractivity contribution in [3.63, 3.8) is 0 Å². The van der Waals surface area contributed by atoms with Gasteiger partial charge in [-0.25, -0.2) is 4.39 Å². The first kappa shape index (κ1) is 20.6. The number of carbonyl (C=O) groups is 2. The Labute approximate surface area is 164 Å². The van der Waals surface area contributed by atoms with Crippen LogP contribution >= 0.6 is 0 Å². The molecule has 2 aromatic carbocycles. The fraction of sp³-hybridized carbons (Fsp3) is 0.300. The number of amides is 2. The topological polar surface area (TPSA) is 49.9 Å². The third-order valence-electron chi connectivity index (χ3n) is 4.63. The Balaban J connectivity index is 2.11. The van der Waals surface area contributed by atoms with E-state index in [1.54, 1.807) is 19.1 Å². The van der Waals surface area contributed by atoms with E-state index >= 15 is 0 Å². The van der Waals surface area contributed by atoms with Gasteiger partial charge in [-0.2, -0.15) is 13.2 Å². The Morgan fingerprint density at radius 3 is 2.31 bits per heavy atom. The minimum atomic E-state index is -4.65. The van der Waals surface area contributed by atoms with E-state index in [0.29, 0.717) is 10.6 Å². The zero-order valence-corrected chi connectivity index (χ0v) is 15.7.